The normalized spacial score (nSPS) is 11.3. The van der Waals surface area contributed by atoms with Crippen LogP contribution >= 0.6 is 31.9 Å². The Balaban J connectivity index is 2.93. The van der Waals surface area contributed by atoms with Crippen LogP contribution in [-0.4, -0.2) is 38.9 Å². The number of carbonyl (C=O) groups excluding carboxylic acids is 1. The summed E-state index contributed by atoms with van der Waals surface area (Å²) in [6, 6.07) is 2.66. The lowest BCUT2D eigenvalue weighted by atomic mass is 10.3. The molecule has 1 amide bonds. The molecule has 0 bridgehead atoms. The third kappa shape index (κ3) is 4.94. The Hall–Kier alpha value is -0.640. The predicted molar refractivity (Wildman–Crippen MR) is 86.6 cm³/mol. The highest BCUT2D eigenvalue weighted by molar-refractivity contribution is 9.11. The Morgan fingerprint density at radius 1 is 1.24 bits per heavy atom. The number of benzene rings is 1. The van der Waals surface area contributed by atoms with Gasteiger partial charge in [-0.1, -0.05) is 0 Å². The minimum Gasteiger partial charge on any atom is -0.481 e. The molecule has 0 atom stereocenters. The van der Waals surface area contributed by atoms with Crippen LogP contribution in [0.1, 0.15) is 13.8 Å². The molecule has 0 unspecified atom stereocenters. The maximum Gasteiger partial charge on any atom is 0.260 e. The summed E-state index contributed by atoms with van der Waals surface area (Å²) in [6.45, 7) is 4.84. The van der Waals surface area contributed by atoms with Gasteiger partial charge in [0.15, 0.2) is 6.61 Å². The van der Waals surface area contributed by atoms with Gasteiger partial charge in [0.25, 0.3) is 5.91 Å². The van der Waals surface area contributed by atoms with Crippen molar-refractivity contribution in [1.82, 2.24) is 4.90 Å². The van der Waals surface area contributed by atoms with Crippen molar-refractivity contribution >= 4 is 47.8 Å². The molecule has 118 valence electrons. The number of sulfonamides is 1. The summed E-state index contributed by atoms with van der Waals surface area (Å²) in [6.07, 6.45) is 0. The maximum absolute atomic E-state index is 11.9. The van der Waals surface area contributed by atoms with E-state index in [2.05, 4.69) is 31.9 Å². The molecular weight excluding hydrogens is 428 g/mol. The van der Waals surface area contributed by atoms with E-state index in [4.69, 9.17) is 9.88 Å². The third-order valence-electron chi connectivity index (χ3n) is 2.76. The van der Waals surface area contributed by atoms with Crippen molar-refractivity contribution in [1.29, 1.82) is 0 Å². The molecule has 2 N–H and O–H groups in total. The molecule has 0 saturated heterocycles. The quantitative estimate of drug-likeness (QED) is 0.728. The fraction of sp³-hybridized carbons (Fsp3) is 0.417. The number of halogens is 2. The summed E-state index contributed by atoms with van der Waals surface area (Å²) in [5, 5.41) is 5.07. The topological polar surface area (TPSA) is 89.7 Å². The number of hydrogen-bond acceptors (Lipinski definition) is 4. The Morgan fingerprint density at radius 2 is 1.71 bits per heavy atom. The standard InChI is InChI=1S/C12H16Br2N2O4S/c1-3-16(4-2)11(17)7-20-12-9(13)5-8(6-10(12)14)21(15,18)19/h5-6H,3-4,7H2,1-2H3,(H2,15,18,19). The highest BCUT2D eigenvalue weighted by atomic mass is 79.9. The van der Waals surface area contributed by atoms with E-state index in [0.717, 1.165) is 0 Å². The minimum absolute atomic E-state index is 0.0522. The van der Waals surface area contributed by atoms with Crippen molar-refractivity contribution in [2.45, 2.75) is 18.7 Å². The van der Waals surface area contributed by atoms with Gasteiger partial charge in [-0.2, -0.15) is 0 Å². The van der Waals surface area contributed by atoms with Crippen LogP contribution in [0.5, 0.6) is 5.75 Å². The number of rotatable bonds is 6. The van der Waals surface area contributed by atoms with E-state index in [9.17, 15) is 13.2 Å². The van der Waals surface area contributed by atoms with Crippen LogP contribution in [0, 0.1) is 0 Å². The van der Waals surface area contributed by atoms with Crippen molar-refractivity contribution < 1.29 is 17.9 Å². The van der Waals surface area contributed by atoms with Gasteiger partial charge in [-0.15, -0.1) is 0 Å². The molecule has 1 aromatic carbocycles. The summed E-state index contributed by atoms with van der Waals surface area (Å²) in [5.41, 5.74) is 0. The van der Waals surface area contributed by atoms with Gasteiger partial charge in [0.1, 0.15) is 5.75 Å². The van der Waals surface area contributed by atoms with Crippen LogP contribution in [0.3, 0.4) is 0 Å². The number of amides is 1. The molecule has 0 aliphatic carbocycles. The first-order valence-corrected chi connectivity index (χ1v) is 9.26. The molecule has 0 aromatic heterocycles. The van der Waals surface area contributed by atoms with Crippen LogP contribution < -0.4 is 9.88 Å². The van der Waals surface area contributed by atoms with Gasteiger partial charge in [-0.05, 0) is 57.8 Å². The molecule has 21 heavy (non-hydrogen) atoms. The van der Waals surface area contributed by atoms with E-state index in [1.54, 1.807) is 4.90 Å². The van der Waals surface area contributed by atoms with Crippen LogP contribution in [0.4, 0.5) is 0 Å². The second-order valence-electron chi connectivity index (χ2n) is 4.12. The fourth-order valence-electron chi connectivity index (χ4n) is 1.64. The Bertz CT molecular complexity index is 607. The van der Waals surface area contributed by atoms with Crippen molar-refractivity contribution in [2.75, 3.05) is 19.7 Å². The summed E-state index contributed by atoms with van der Waals surface area (Å²) in [4.78, 5) is 13.5. The molecule has 6 nitrogen and oxygen atoms in total. The lowest BCUT2D eigenvalue weighted by Gasteiger charge is -2.19. The molecule has 0 heterocycles. The molecular formula is C12H16Br2N2O4S. The number of ether oxygens (including phenoxy) is 1. The van der Waals surface area contributed by atoms with E-state index in [0.29, 0.717) is 27.8 Å². The lowest BCUT2D eigenvalue weighted by molar-refractivity contribution is -0.133. The number of nitrogens with two attached hydrogens (primary N) is 1. The highest BCUT2D eigenvalue weighted by Crippen LogP contribution is 2.35. The number of nitrogens with zero attached hydrogens (tertiary/aromatic N) is 1. The molecule has 1 aromatic rings. The SMILES string of the molecule is CCN(CC)C(=O)COc1c(Br)cc(S(N)(=O)=O)cc1Br. The lowest BCUT2D eigenvalue weighted by Crippen LogP contribution is -2.34. The number of primary sulfonamides is 1. The second kappa shape index (κ2) is 7.57. The van der Waals surface area contributed by atoms with E-state index in [1.165, 1.54) is 12.1 Å². The molecule has 0 radical (unpaired) electrons. The Kier molecular flexibility index (Phi) is 6.64. The van der Waals surface area contributed by atoms with Gasteiger partial charge in [-0.25, -0.2) is 13.6 Å². The number of carbonyl (C=O) groups is 1. The zero-order chi connectivity index (χ0) is 16.2. The number of likely N-dealkylation sites (N-methyl/N-ethyl adjacent to an activating group) is 1. The number of hydrogen-bond donors (Lipinski definition) is 1. The molecule has 0 fully saturated rings. The first-order valence-electron chi connectivity index (χ1n) is 6.13. The van der Waals surface area contributed by atoms with E-state index in [1.807, 2.05) is 13.8 Å². The predicted octanol–water partition coefficient (Wildman–Crippen LogP) is 2.11. The molecule has 0 saturated carbocycles. The van der Waals surface area contributed by atoms with Crippen molar-refractivity contribution in [3.8, 4) is 5.75 Å². The minimum atomic E-state index is -3.81. The smallest absolute Gasteiger partial charge is 0.260 e. The summed E-state index contributed by atoms with van der Waals surface area (Å²) in [7, 11) is -3.81. The van der Waals surface area contributed by atoms with Crippen molar-refractivity contribution in [2.24, 2.45) is 5.14 Å². The van der Waals surface area contributed by atoms with Gasteiger partial charge < -0.3 is 9.64 Å². The molecule has 1 rings (SSSR count). The molecule has 0 aliphatic heterocycles. The highest BCUT2D eigenvalue weighted by Gasteiger charge is 2.17. The molecule has 0 spiro atoms. The van der Waals surface area contributed by atoms with Crippen LogP contribution in [0.25, 0.3) is 0 Å². The summed E-state index contributed by atoms with van der Waals surface area (Å²) in [5.74, 6) is 0.206. The van der Waals surface area contributed by atoms with E-state index < -0.39 is 10.0 Å². The zero-order valence-corrected chi connectivity index (χ0v) is 15.6. The Morgan fingerprint density at radius 3 is 2.10 bits per heavy atom. The average Bonchev–Trinajstić information content (AvgIpc) is 2.37. The molecule has 0 aliphatic rings. The van der Waals surface area contributed by atoms with E-state index >= 15 is 0 Å². The summed E-state index contributed by atoms with van der Waals surface area (Å²) >= 11 is 6.42. The average molecular weight is 444 g/mol. The van der Waals surface area contributed by atoms with Gasteiger partial charge in [0.2, 0.25) is 10.0 Å². The zero-order valence-electron chi connectivity index (χ0n) is 11.6. The molecule has 9 heteroatoms. The summed E-state index contributed by atoms with van der Waals surface area (Å²) < 4.78 is 28.9. The van der Waals surface area contributed by atoms with Crippen molar-refractivity contribution in [3.63, 3.8) is 0 Å². The first kappa shape index (κ1) is 18.4. The van der Waals surface area contributed by atoms with Gasteiger partial charge >= 0.3 is 0 Å². The van der Waals surface area contributed by atoms with Gasteiger partial charge in [0.05, 0.1) is 13.8 Å². The van der Waals surface area contributed by atoms with Crippen LogP contribution in [-0.2, 0) is 14.8 Å². The second-order valence-corrected chi connectivity index (χ2v) is 7.39. The van der Waals surface area contributed by atoms with Gasteiger partial charge in [0, 0.05) is 13.1 Å². The first-order chi connectivity index (χ1) is 9.70. The Labute approximate surface area is 140 Å². The largest absolute Gasteiger partial charge is 0.481 e. The fourth-order valence-corrected chi connectivity index (χ4v) is 3.92. The third-order valence-corrected chi connectivity index (χ3v) is 4.83. The monoisotopic (exact) mass is 442 g/mol. The van der Waals surface area contributed by atoms with Gasteiger partial charge in [-0.3, -0.25) is 4.79 Å². The van der Waals surface area contributed by atoms with Crippen LogP contribution in [0.15, 0.2) is 26.0 Å². The van der Waals surface area contributed by atoms with Crippen LogP contribution in [0.2, 0.25) is 0 Å². The van der Waals surface area contributed by atoms with Crippen molar-refractivity contribution in [3.05, 3.63) is 21.1 Å². The maximum atomic E-state index is 11.9. The van der Waals surface area contributed by atoms with E-state index in [-0.39, 0.29) is 17.4 Å².